The Balaban J connectivity index is 0.651. The molecule has 8 aliphatic rings. The molecule has 1 aliphatic carbocycles. The molecule has 110 heavy (non-hydrogen) atoms. The van der Waals surface area contributed by atoms with Crippen LogP contribution in [0.2, 0.25) is 0 Å². The van der Waals surface area contributed by atoms with Crippen LogP contribution < -0.4 is 51.3 Å². The van der Waals surface area contributed by atoms with Crippen LogP contribution in [0.25, 0.3) is 22.3 Å². The SMILES string of the molecule is Nc1ccn([C@H]2C[C@H](OP(=O)(O)OC[C@H]3O[C@@H](n4ccc(N)nc4=O)C[C@@H]3OP(=O)(O)OC[C@H]3O[C@@H](n4cnc5c(N)ncnc54)C[C@@H]3OP(=O)(O)OC[C@H]3O[C@@H](n4ccc(N)nc4=O)C[C@@H]3OP(=O)(O)OC[C@H]3O[C@@H](n4cnc5c(=O)[nH]c(N)nc54)C[C@@H]3O)[C@@H](COP(=O)(O)OCC34CCC(CC3)N=N4)O2)c(=O)n1. The van der Waals surface area contributed by atoms with E-state index in [0.29, 0.717) is 25.7 Å². The van der Waals surface area contributed by atoms with Crippen LogP contribution in [0.15, 0.2) is 85.2 Å². The summed E-state index contributed by atoms with van der Waals surface area (Å²) >= 11 is 0. The summed E-state index contributed by atoms with van der Waals surface area (Å²) in [6.45, 7) is -5.09. The van der Waals surface area contributed by atoms with Gasteiger partial charge in [-0.1, -0.05) is 0 Å². The van der Waals surface area contributed by atoms with Crippen molar-refractivity contribution in [3.8, 4) is 0 Å². The molecule has 51 nitrogen and oxygen atoms in total. The Bertz CT molecular complexity index is 5120. The zero-order valence-corrected chi connectivity index (χ0v) is 61.3. The number of azo groups is 1. The molecule has 5 saturated heterocycles. The van der Waals surface area contributed by atoms with Crippen LogP contribution in [0.4, 0.5) is 29.2 Å². The van der Waals surface area contributed by atoms with Crippen molar-refractivity contribution in [3.05, 3.63) is 97.6 Å². The van der Waals surface area contributed by atoms with Gasteiger partial charge in [-0.15, -0.1) is 0 Å². The minimum atomic E-state index is -5.55. The van der Waals surface area contributed by atoms with E-state index in [4.69, 9.17) is 97.6 Å². The van der Waals surface area contributed by atoms with Crippen LogP contribution in [-0.2, 0) is 91.7 Å². The van der Waals surface area contributed by atoms with Crippen LogP contribution in [-0.4, -0.2) is 210 Å². The lowest BCUT2D eigenvalue weighted by atomic mass is 9.79. The summed E-state index contributed by atoms with van der Waals surface area (Å²) in [6.07, 6.45) is -14.7. The Morgan fingerprint density at radius 1 is 0.473 bits per heavy atom. The van der Waals surface area contributed by atoms with Crippen LogP contribution in [0.1, 0.15) is 88.9 Å². The predicted molar refractivity (Wildman–Crippen MR) is 364 cm³/mol. The predicted octanol–water partition coefficient (Wildman–Crippen LogP) is -0.271. The number of nitrogens with one attached hydrogen (secondary N) is 1. The zero-order chi connectivity index (χ0) is 78.0. The van der Waals surface area contributed by atoms with Gasteiger partial charge in [0.15, 0.2) is 22.6 Å². The highest BCUT2D eigenvalue weighted by atomic mass is 31.2. The molecule has 6 fully saturated rings. The highest BCUT2D eigenvalue weighted by Gasteiger charge is 2.51. The van der Waals surface area contributed by atoms with E-state index in [-0.39, 0.29) is 70.6 Å². The van der Waals surface area contributed by atoms with Crippen molar-refractivity contribution < 1.29 is 121 Å². The number of fused-ring (bicyclic) bond motifs is 4. The van der Waals surface area contributed by atoms with E-state index >= 15 is 0 Å². The maximum atomic E-state index is 14.3. The van der Waals surface area contributed by atoms with Gasteiger partial charge >= 0.3 is 56.2 Å². The lowest BCUT2D eigenvalue weighted by molar-refractivity contribution is -0.0643. The van der Waals surface area contributed by atoms with E-state index in [0.717, 1.165) is 26.2 Å². The number of ether oxygens (including phenoxy) is 5. The molecule has 14 heterocycles. The van der Waals surface area contributed by atoms with Crippen molar-refractivity contribution in [3.63, 3.8) is 0 Å². The van der Waals surface area contributed by atoms with Crippen molar-refractivity contribution in [2.45, 2.75) is 162 Å². The second kappa shape index (κ2) is 31.4. The molecule has 1 saturated carbocycles. The summed E-state index contributed by atoms with van der Waals surface area (Å²) in [5.74, 6) is -0.849. The smallest absolute Gasteiger partial charge is 0.390 e. The number of hydrogen-bond acceptors (Lipinski definition) is 40. The number of aromatic amines is 1. The fourth-order valence-corrected chi connectivity index (χ4v) is 18.0. The normalized spacial score (nSPS) is 31.6. The summed E-state index contributed by atoms with van der Waals surface area (Å²) in [5, 5.41) is 19.5. The van der Waals surface area contributed by atoms with E-state index < -0.39 is 218 Å². The van der Waals surface area contributed by atoms with Crippen molar-refractivity contribution in [2.24, 2.45) is 10.2 Å². The molecule has 598 valence electrons. The quantitative estimate of drug-likeness (QED) is 0.0249. The third-order valence-corrected chi connectivity index (χ3v) is 23.8. The number of hydrogen-bond donors (Lipinski definition) is 12. The van der Waals surface area contributed by atoms with Crippen molar-refractivity contribution in [2.75, 3.05) is 68.3 Å². The standard InChI is InChI=1S/C54H72N21O30P5/c55-36-3-8-71(51(78)64-36)40-12-27(32(98-40)17-91-106(81,82)96-21-54-6-1-25(2-7-54)69-70-54)103-108(85,86)93-19-34-29(14-42(100-34)73-10-5-38(57)66-53(73)80)104-109(87,88)95-20-35-30(15-43(101-35)74-23-62-44-46(58)60-22-61-47(44)74)105-110(89,90)94-18-33-28(13-41(99-33)72-9-4-37(56)65-52(72)79)102-107(83,84)92-16-31-26(76)11-39(97-31)75-24-63-45-48(75)67-50(59)68-49(45)77/h3-5,8-10,22-35,39-43,76H,1-2,6-7,11-21H2,(H,81,82)(H,83,84)(H,85,86)(H,87,88)(H,89,90)(H2,55,64,78)(H2,56,65,79)(H2,57,66,80)(H2,58,60,61)(H3,59,67,68,77)/t25?,26-,27-,28-,29-,30-,31+,32+,33+,34+,35+,39+,40+,41+,42+,43+,54?/m0/s1. The second-order valence-electron chi connectivity index (χ2n) is 26.2. The third-order valence-electron chi connectivity index (χ3n) is 18.8. The number of aliphatic hydroxyl groups excluding tert-OH is 1. The molecule has 7 aliphatic heterocycles. The van der Waals surface area contributed by atoms with Gasteiger partial charge in [0.05, 0.1) is 64.4 Å². The first-order chi connectivity index (χ1) is 52.1. The maximum Gasteiger partial charge on any atom is 0.472 e. The van der Waals surface area contributed by atoms with E-state index in [2.05, 4.69) is 55.1 Å². The topological polar surface area (TPSA) is 712 Å². The molecule has 5 unspecified atom stereocenters. The Morgan fingerprint density at radius 2 is 0.855 bits per heavy atom. The van der Waals surface area contributed by atoms with Gasteiger partial charge < -0.3 is 81.9 Å². The number of anilines is 5. The van der Waals surface area contributed by atoms with Gasteiger partial charge in [0, 0.05) is 50.7 Å². The molecule has 2 bridgehead atoms. The lowest BCUT2D eigenvalue weighted by Crippen LogP contribution is -2.41. The Kier molecular flexibility index (Phi) is 22.6. The monoisotopic (exact) mass is 1650 g/mol. The van der Waals surface area contributed by atoms with Crippen molar-refractivity contribution in [1.29, 1.82) is 0 Å². The van der Waals surface area contributed by atoms with Crippen LogP contribution >= 0.6 is 39.1 Å². The van der Waals surface area contributed by atoms with Crippen LogP contribution in [0.3, 0.4) is 0 Å². The number of H-pyrrole nitrogens is 1. The molecule has 0 radical (unpaired) electrons. The van der Waals surface area contributed by atoms with Gasteiger partial charge in [-0.2, -0.15) is 30.2 Å². The van der Waals surface area contributed by atoms with Gasteiger partial charge in [0.25, 0.3) is 5.56 Å². The van der Waals surface area contributed by atoms with E-state index in [1.165, 1.54) is 52.4 Å². The summed E-state index contributed by atoms with van der Waals surface area (Å²) in [5.41, 5.74) is 24.7. The lowest BCUT2D eigenvalue weighted by Gasteiger charge is -2.39. The first-order valence-electron chi connectivity index (χ1n) is 33.4. The molecular weight excluding hydrogens is 1580 g/mol. The minimum Gasteiger partial charge on any atom is -0.390 e. The largest absolute Gasteiger partial charge is 0.472 e. The highest BCUT2D eigenvalue weighted by Crippen LogP contribution is 2.56. The molecule has 7 aromatic rings. The summed E-state index contributed by atoms with van der Waals surface area (Å²) in [4.78, 5) is 142. The molecule has 0 spiro atoms. The number of aliphatic hydroxyl groups is 1. The number of nitrogens with zero attached hydrogens (tertiary/aromatic N) is 15. The number of aromatic nitrogens is 14. The highest BCUT2D eigenvalue weighted by molar-refractivity contribution is 7.48. The Hall–Kier alpha value is -7.55. The first-order valence-corrected chi connectivity index (χ1v) is 40.9. The van der Waals surface area contributed by atoms with E-state index in [9.17, 15) is 71.6 Å². The Morgan fingerprint density at radius 3 is 1.27 bits per heavy atom. The third kappa shape index (κ3) is 18.1. The number of nitrogen functional groups attached to an aromatic ring is 5. The number of phosphoric acid groups is 5. The molecule has 15 rings (SSSR count). The number of nitrogens with two attached hydrogens (primary N) is 5. The first kappa shape index (κ1) is 79.1. The molecule has 20 atom stereocenters. The average molecular weight is 1650 g/mol. The Labute approximate surface area is 615 Å². The van der Waals surface area contributed by atoms with Gasteiger partial charge in [-0.25, -0.2) is 57.1 Å². The molecule has 0 amide bonds. The van der Waals surface area contributed by atoms with Gasteiger partial charge in [-0.3, -0.25) is 77.9 Å². The van der Waals surface area contributed by atoms with Gasteiger partial charge in [0.1, 0.15) is 121 Å². The van der Waals surface area contributed by atoms with Crippen molar-refractivity contribution >= 4 is 90.7 Å². The van der Waals surface area contributed by atoms with Gasteiger partial charge in [-0.05, 0) is 43.9 Å². The van der Waals surface area contributed by atoms with E-state index in [1.807, 2.05) is 0 Å². The number of imidazole rings is 2. The second-order valence-corrected chi connectivity index (χ2v) is 33.3. The summed E-state index contributed by atoms with van der Waals surface area (Å²) in [7, 11) is -26.7. The summed E-state index contributed by atoms with van der Waals surface area (Å²) in [6, 6.07) is 3.75. The number of phosphoric ester groups is 5. The number of rotatable bonds is 31. The molecular formula is C54H72N21O30P5. The zero-order valence-electron chi connectivity index (χ0n) is 56.9. The fourth-order valence-electron chi connectivity index (χ4n) is 13.4. The van der Waals surface area contributed by atoms with E-state index in [1.54, 1.807) is 0 Å². The molecule has 17 N–H and O–H groups in total. The minimum absolute atomic E-state index is 0.0103. The summed E-state index contributed by atoms with van der Waals surface area (Å²) < 4.78 is 160. The molecule has 0 aromatic carbocycles. The van der Waals surface area contributed by atoms with Crippen LogP contribution in [0.5, 0.6) is 0 Å². The maximum absolute atomic E-state index is 14.3. The van der Waals surface area contributed by atoms with Crippen LogP contribution in [0, 0.1) is 0 Å². The van der Waals surface area contributed by atoms with Crippen molar-refractivity contribution in [1.82, 2.24) is 67.7 Å². The fraction of sp³-hybridized carbons (Fsp3) is 0.593. The molecule has 56 heteroatoms. The van der Waals surface area contributed by atoms with Gasteiger partial charge in [0.2, 0.25) is 5.95 Å². The molecule has 7 aromatic heterocycles. The average Bonchev–Trinajstić information content (AvgIpc) is 1.65.